The first-order chi connectivity index (χ1) is 12.7. The van der Waals surface area contributed by atoms with Crippen LogP contribution in [0.1, 0.15) is 23.2 Å². The van der Waals surface area contributed by atoms with Gasteiger partial charge in [-0.1, -0.05) is 42.5 Å². The molecule has 0 unspecified atom stereocenters. The SMILES string of the molecule is O=C(Oc1ccccc1N1C(=O)[C@H]2CC=CC[C@@H]2C1=O)c1ccccc1. The summed E-state index contributed by atoms with van der Waals surface area (Å²) in [5.74, 6) is -1.44. The largest absolute Gasteiger partial charge is 0.421 e. The predicted molar refractivity (Wildman–Crippen MR) is 95.7 cm³/mol. The van der Waals surface area contributed by atoms with Gasteiger partial charge in [0.15, 0.2) is 5.75 Å². The second kappa shape index (κ2) is 6.59. The molecular weight excluding hydrogens is 330 g/mol. The first-order valence-electron chi connectivity index (χ1n) is 8.56. The Morgan fingerprint density at radius 1 is 0.846 bits per heavy atom. The number of fused-ring (bicyclic) bond motifs is 1. The van der Waals surface area contributed by atoms with Gasteiger partial charge in [-0.2, -0.15) is 0 Å². The summed E-state index contributed by atoms with van der Waals surface area (Å²) in [5.41, 5.74) is 0.723. The van der Waals surface area contributed by atoms with E-state index in [0.717, 1.165) is 0 Å². The molecule has 5 nitrogen and oxygen atoms in total. The highest BCUT2D eigenvalue weighted by Gasteiger charge is 2.48. The van der Waals surface area contributed by atoms with Gasteiger partial charge in [-0.15, -0.1) is 0 Å². The molecule has 0 radical (unpaired) electrons. The van der Waals surface area contributed by atoms with E-state index in [9.17, 15) is 14.4 Å². The fourth-order valence-corrected chi connectivity index (χ4v) is 3.50. The van der Waals surface area contributed by atoms with E-state index >= 15 is 0 Å². The number of imide groups is 1. The highest BCUT2D eigenvalue weighted by molar-refractivity contribution is 6.23. The molecule has 2 aromatic carbocycles. The zero-order chi connectivity index (χ0) is 18.1. The van der Waals surface area contributed by atoms with Crippen molar-refractivity contribution in [3.8, 4) is 5.75 Å². The van der Waals surface area contributed by atoms with Gasteiger partial charge in [-0.25, -0.2) is 9.69 Å². The average molecular weight is 347 g/mol. The number of carbonyl (C=O) groups is 3. The number of para-hydroxylation sites is 2. The Balaban J connectivity index is 1.65. The summed E-state index contributed by atoms with van der Waals surface area (Å²) in [7, 11) is 0. The summed E-state index contributed by atoms with van der Waals surface area (Å²) < 4.78 is 5.49. The lowest BCUT2D eigenvalue weighted by atomic mass is 9.85. The van der Waals surface area contributed by atoms with Gasteiger partial charge in [0.1, 0.15) is 0 Å². The zero-order valence-corrected chi connectivity index (χ0v) is 14.0. The number of ether oxygens (including phenoxy) is 1. The van der Waals surface area contributed by atoms with Gasteiger partial charge >= 0.3 is 5.97 Å². The molecule has 26 heavy (non-hydrogen) atoms. The van der Waals surface area contributed by atoms with Crippen LogP contribution in [0.3, 0.4) is 0 Å². The fraction of sp³-hybridized carbons (Fsp3) is 0.190. The highest BCUT2D eigenvalue weighted by atomic mass is 16.5. The smallest absolute Gasteiger partial charge is 0.343 e. The Hall–Kier alpha value is -3.21. The van der Waals surface area contributed by atoms with Crippen molar-refractivity contribution in [1.29, 1.82) is 0 Å². The van der Waals surface area contributed by atoms with Crippen LogP contribution < -0.4 is 9.64 Å². The lowest BCUT2D eigenvalue weighted by Crippen LogP contribution is -2.31. The van der Waals surface area contributed by atoms with Crippen LogP contribution in [0.2, 0.25) is 0 Å². The second-order valence-electron chi connectivity index (χ2n) is 6.39. The number of nitrogens with zero attached hydrogens (tertiary/aromatic N) is 1. The zero-order valence-electron chi connectivity index (χ0n) is 14.0. The van der Waals surface area contributed by atoms with Crippen LogP contribution in [0.25, 0.3) is 0 Å². The molecular formula is C21H17NO4. The molecule has 4 rings (SSSR count). The van der Waals surface area contributed by atoms with Crippen LogP contribution in [0.4, 0.5) is 5.69 Å². The molecule has 2 aliphatic rings. The van der Waals surface area contributed by atoms with Crippen molar-refractivity contribution >= 4 is 23.5 Å². The van der Waals surface area contributed by atoms with Gasteiger partial charge in [0, 0.05) is 0 Å². The number of rotatable bonds is 3. The van der Waals surface area contributed by atoms with Gasteiger partial charge in [-0.05, 0) is 37.1 Å². The Morgan fingerprint density at radius 3 is 2.08 bits per heavy atom. The van der Waals surface area contributed by atoms with Crippen LogP contribution in [-0.4, -0.2) is 17.8 Å². The van der Waals surface area contributed by atoms with E-state index in [0.29, 0.717) is 24.1 Å². The van der Waals surface area contributed by atoms with Crippen LogP contribution >= 0.6 is 0 Å². The van der Waals surface area contributed by atoms with Crippen molar-refractivity contribution in [2.75, 3.05) is 4.90 Å². The van der Waals surface area contributed by atoms with E-state index in [1.165, 1.54) is 4.90 Å². The molecule has 130 valence electrons. The van der Waals surface area contributed by atoms with E-state index in [1.54, 1.807) is 48.5 Å². The minimum absolute atomic E-state index is 0.203. The molecule has 2 amide bonds. The third kappa shape index (κ3) is 2.71. The van der Waals surface area contributed by atoms with E-state index in [4.69, 9.17) is 4.74 Å². The maximum atomic E-state index is 12.8. The van der Waals surface area contributed by atoms with Crippen molar-refractivity contribution in [2.45, 2.75) is 12.8 Å². The van der Waals surface area contributed by atoms with E-state index in [-0.39, 0.29) is 29.4 Å². The van der Waals surface area contributed by atoms with Gasteiger partial charge in [0.2, 0.25) is 11.8 Å². The Bertz CT molecular complexity index is 877. The van der Waals surface area contributed by atoms with Crippen molar-refractivity contribution in [1.82, 2.24) is 0 Å². The Labute approximate surface area is 150 Å². The molecule has 0 N–H and O–H groups in total. The molecule has 0 spiro atoms. The topological polar surface area (TPSA) is 63.7 Å². The number of esters is 1. The normalized spacial score (nSPS) is 21.6. The third-order valence-corrected chi connectivity index (χ3v) is 4.83. The van der Waals surface area contributed by atoms with Crippen molar-refractivity contribution < 1.29 is 19.1 Å². The molecule has 0 aromatic heterocycles. The summed E-state index contributed by atoms with van der Waals surface area (Å²) in [5, 5.41) is 0. The van der Waals surface area contributed by atoms with Crippen molar-refractivity contribution in [3.05, 3.63) is 72.3 Å². The first-order valence-corrected chi connectivity index (χ1v) is 8.56. The summed E-state index contributed by atoms with van der Waals surface area (Å²) in [4.78, 5) is 39.1. The molecule has 1 fully saturated rings. The molecule has 2 atom stereocenters. The van der Waals surface area contributed by atoms with Crippen LogP contribution in [0.5, 0.6) is 5.75 Å². The molecule has 1 aliphatic carbocycles. The molecule has 1 saturated heterocycles. The van der Waals surface area contributed by atoms with Crippen LogP contribution in [0, 0.1) is 11.8 Å². The maximum absolute atomic E-state index is 12.8. The molecule has 0 bridgehead atoms. The minimum atomic E-state index is -0.531. The summed E-state index contributed by atoms with van der Waals surface area (Å²) >= 11 is 0. The van der Waals surface area contributed by atoms with Crippen LogP contribution in [-0.2, 0) is 9.59 Å². The monoisotopic (exact) mass is 347 g/mol. The van der Waals surface area contributed by atoms with Gasteiger partial charge in [0.05, 0.1) is 23.1 Å². The number of anilines is 1. The van der Waals surface area contributed by atoms with Crippen molar-refractivity contribution in [2.24, 2.45) is 11.8 Å². The summed E-state index contributed by atoms with van der Waals surface area (Å²) in [6.07, 6.45) is 5.02. The van der Waals surface area contributed by atoms with Crippen molar-refractivity contribution in [3.63, 3.8) is 0 Å². The molecule has 5 heteroatoms. The van der Waals surface area contributed by atoms with E-state index < -0.39 is 5.97 Å². The number of hydrogen-bond acceptors (Lipinski definition) is 4. The molecule has 2 aromatic rings. The second-order valence-corrected chi connectivity index (χ2v) is 6.39. The number of amides is 2. The molecule has 0 saturated carbocycles. The minimum Gasteiger partial charge on any atom is -0.421 e. The van der Waals surface area contributed by atoms with Crippen LogP contribution in [0.15, 0.2) is 66.7 Å². The Morgan fingerprint density at radius 2 is 1.42 bits per heavy atom. The number of hydrogen-bond donors (Lipinski definition) is 0. The van der Waals surface area contributed by atoms with Gasteiger partial charge < -0.3 is 4.74 Å². The standard InChI is InChI=1S/C21H17NO4/c23-19-15-10-4-5-11-16(15)20(24)22(19)17-12-6-7-13-18(17)26-21(25)14-8-2-1-3-9-14/h1-9,12-13,15-16H,10-11H2/t15-,16-/m0/s1. The highest BCUT2D eigenvalue weighted by Crippen LogP contribution is 2.40. The van der Waals surface area contributed by atoms with Gasteiger partial charge in [-0.3, -0.25) is 9.59 Å². The summed E-state index contributed by atoms with van der Waals surface area (Å²) in [6.45, 7) is 0. The lowest BCUT2D eigenvalue weighted by molar-refractivity contribution is -0.122. The third-order valence-electron chi connectivity index (χ3n) is 4.83. The maximum Gasteiger partial charge on any atom is 0.343 e. The molecule has 1 aliphatic heterocycles. The first kappa shape index (κ1) is 16.3. The molecule has 1 heterocycles. The average Bonchev–Trinajstić information content (AvgIpc) is 2.94. The van der Waals surface area contributed by atoms with E-state index in [1.807, 2.05) is 18.2 Å². The Kier molecular flexibility index (Phi) is 4.13. The number of carbonyl (C=O) groups excluding carboxylic acids is 3. The summed E-state index contributed by atoms with van der Waals surface area (Å²) in [6, 6.07) is 15.2. The predicted octanol–water partition coefficient (Wildman–Crippen LogP) is 3.36. The number of benzene rings is 2. The quantitative estimate of drug-likeness (QED) is 0.370. The van der Waals surface area contributed by atoms with E-state index in [2.05, 4.69) is 0 Å². The van der Waals surface area contributed by atoms with Gasteiger partial charge in [0.25, 0.3) is 0 Å². The fourth-order valence-electron chi connectivity index (χ4n) is 3.50. The number of allylic oxidation sites excluding steroid dienone is 2. The lowest BCUT2D eigenvalue weighted by Gasteiger charge is -2.18.